The van der Waals surface area contributed by atoms with Gasteiger partial charge in [-0.3, -0.25) is 4.79 Å². The van der Waals surface area contributed by atoms with E-state index in [2.05, 4.69) is 5.32 Å². The average molecular weight is 297 g/mol. The van der Waals surface area contributed by atoms with Crippen molar-refractivity contribution in [3.8, 4) is 0 Å². The summed E-state index contributed by atoms with van der Waals surface area (Å²) in [5.74, 6) is -1.87. The van der Waals surface area contributed by atoms with Crippen LogP contribution in [0.3, 0.4) is 0 Å². The Hall–Kier alpha value is -1.86. The van der Waals surface area contributed by atoms with Crippen LogP contribution in [0.4, 0.5) is 0 Å². The molecule has 7 heteroatoms. The number of aromatic carboxylic acids is 1. The highest BCUT2D eigenvalue weighted by molar-refractivity contribution is 5.93. The fourth-order valence-electron chi connectivity index (χ4n) is 2.03. The normalized spacial score (nSPS) is 15.8. The number of rotatable bonds is 7. The maximum absolute atomic E-state index is 11.7. The molecule has 1 saturated heterocycles. The number of carboxylic acid groups (broad SMARTS) is 1. The molecule has 0 aliphatic carbocycles. The molecule has 1 aliphatic rings. The average Bonchev–Trinajstić information content (AvgIpc) is 2.98. The molecule has 0 unspecified atom stereocenters. The molecule has 1 aromatic heterocycles. The molecule has 116 valence electrons. The van der Waals surface area contributed by atoms with Crippen LogP contribution in [0.2, 0.25) is 0 Å². The second-order valence-corrected chi connectivity index (χ2v) is 4.76. The number of amides is 1. The molecule has 2 rings (SSSR count). The van der Waals surface area contributed by atoms with E-state index in [1.165, 1.54) is 12.1 Å². The molecule has 0 saturated carbocycles. The number of ether oxygens (including phenoxy) is 2. The predicted octanol–water partition coefficient (Wildman–Crippen LogP) is 1.29. The summed E-state index contributed by atoms with van der Waals surface area (Å²) in [6, 6.07) is 2.60. The number of hydrogen-bond acceptors (Lipinski definition) is 5. The zero-order chi connectivity index (χ0) is 15.1. The lowest BCUT2D eigenvalue weighted by Crippen LogP contribution is -2.27. The van der Waals surface area contributed by atoms with Gasteiger partial charge in [-0.25, -0.2) is 4.79 Å². The predicted molar refractivity (Wildman–Crippen MR) is 72.4 cm³/mol. The standard InChI is InChI=1S/C14H19NO6/c16-13(11-2-3-12(21-11)14(17)18)15-6-1-7-20-10-4-8-19-9-5-10/h2-3,10H,1,4-9H2,(H,15,16)(H,17,18). The minimum absolute atomic E-state index is 0.00209. The van der Waals surface area contributed by atoms with E-state index in [9.17, 15) is 9.59 Å². The van der Waals surface area contributed by atoms with Crippen LogP contribution in [0, 0.1) is 0 Å². The molecule has 1 aromatic rings. The largest absolute Gasteiger partial charge is 0.475 e. The Morgan fingerprint density at radius 1 is 1.29 bits per heavy atom. The van der Waals surface area contributed by atoms with Crippen molar-refractivity contribution in [2.24, 2.45) is 0 Å². The molecule has 7 nitrogen and oxygen atoms in total. The van der Waals surface area contributed by atoms with Crippen molar-refractivity contribution < 1.29 is 28.6 Å². The third-order valence-electron chi connectivity index (χ3n) is 3.17. The quantitative estimate of drug-likeness (QED) is 0.736. The Morgan fingerprint density at radius 3 is 2.67 bits per heavy atom. The summed E-state index contributed by atoms with van der Waals surface area (Å²) in [6.07, 6.45) is 2.76. The summed E-state index contributed by atoms with van der Waals surface area (Å²) in [5.41, 5.74) is 0. The summed E-state index contributed by atoms with van der Waals surface area (Å²) in [7, 11) is 0. The minimum Gasteiger partial charge on any atom is -0.475 e. The fraction of sp³-hybridized carbons (Fsp3) is 0.571. The third-order valence-corrected chi connectivity index (χ3v) is 3.17. The van der Waals surface area contributed by atoms with E-state index in [0.717, 1.165) is 26.1 Å². The van der Waals surface area contributed by atoms with E-state index in [1.54, 1.807) is 0 Å². The van der Waals surface area contributed by atoms with Gasteiger partial charge < -0.3 is 24.3 Å². The van der Waals surface area contributed by atoms with Gasteiger partial charge >= 0.3 is 5.97 Å². The van der Waals surface area contributed by atoms with Gasteiger partial charge in [-0.15, -0.1) is 0 Å². The number of furan rings is 1. The fourth-order valence-corrected chi connectivity index (χ4v) is 2.03. The minimum atomic E-state index is -1.20. The van der Waals surface area contributed by atoms with E-state index in [1.807, 2.05) is 0 Å². The molecule has 0 spiro atoms. The van der Waals surface area contributed by atoms with Gasteiger partial charge in [0.1, 0.15) is 0 Å². The van der Waals surface area contributed by atoms with Gasteiger partial charge in [0.05, 0.1) is 6.10 Å². The molecule has 0 bridgehead atoms. The first-order chi connectivity index (χ1) is 10.2. The van der Waals surface area contributed by atoms with Gasteiger partial charge in [0.15, 0.2) is 5.76 Å². The molecule has 1 aliphatic heterocycles. The van der Waals surface area contributed by atoms with Crippen LogP contribution in [-0.4, -0.2) is 49.5 Å². The van der Waals surface area contributed by atoms with Crippen molar-refractivity contribution in [3.05, 3.63) is 23.7 Å². The molecule has 21 heavy (non-hydrogen) atoms. The number of hydrogen-bond donors (Lipinski definition) is 2. The van der Waals surface area contributed by atoms with Gasteiger partial charge in [-0.05, 0) is 31.4 Å². The van der Waals surface area contributed by atoms with Crippen LogP contribution >= 0.6 is 0 Å². The maximum Gasteiger partial charge on any atom is 0.371 e. The third kappa shape index (κ3) is 4.87. The first-order valence-electron chi connectivity index (χ1n) is 6.97. The number of carbonyl (C=O) groups excluding carboxylic acids is 1. The van der Waals surface area contributed by atoms with E-state index in [4.69, 9.17) is 19.0 Å². The zero-order valence-corrected chi connectivity index (χ0v) is 11.7. The molecular weight excluding hydrogens is 278 g/mol. The van der Waals surface area contributed by atoms with E-state index in [0.29, 0.717) is 19.6 Å². The Balaban J connectivity index is 1.61. The molecule has 2 heterocycles. The molecule has 0 aromatic carbocycles. The van der Waals surface area contributed by atoms with E-state index in [-0.39, 0.29) is 17.6 Å². The highest BCUT2D eigenvalue weighted by Crippen LogP contribution is 2.10. The summed E-state index contributed by atoms with van der Waals surface area (Å²) in [4.78, 5) is 22.3. The van der Waals surface area contributed by atoms with Crippen molar-refractivity contribution in [1.29, 1.82) is 0 Å². The second kappa shape index (κ2) is 7.80. The highest BCUT2D eigenvalue weighted by atomic mass is 16.5. The Bertz CT molecular complexity index is 478. The molecule has 0 radical (unpaired) electrons. The van der Waals surface area contributed by atoms with Crippen molar-refractivity contribution in [2.75, 3.05) is 26.4 Å². The molecule has 1 fully saturated rings. The van der Waals surface area contributed by atoms with Gasteiger partial charge in [0, 0.05) is 26.4 Å². The van der Waals surface area contributed by atoms with Crippen molar-refractivity contribution in [2.45, 2.75) is 25.4 Å². The van der Waals surface area contributed by atoms with Gasteiger partial charge in [0.25, 0.3) is 5.91 Å². The Morgan fingerprint density at radius 2 is 2.00 bits per heavy atom. The monoisotopic (exact) mass is 297 g/mol. The van der Waals surface area contributed by atoms with Crippen LogP contribution in [0.15, 0.2) is 16.5 Å². The number of carboxylic acids is 1. The van der Waals surface area contributed by atoms with Crippen molar-refractivity contribution >= 4 is 11.9 Å². The van der Waals surface area contributed by atoms with Gasteiger partial charge in [0.2, 0.25) is 5.76 Å². The lowest BCUT2D eigenvalue weighted by Gasteiger charge is -2.22. The van der Waals surface area contributed by atoms with Crippen molar-refractivity contribution in [3.63, 3.8) is 0 Å². The zero-order valence-electron chi connectivity index (χ0n) is 11.7. The molecule has 2 N–H and O–H groups in total. The Kier molecular flexibility index (Phi) is 5.77. The summed E-state index contributed by atoms with van der Waals surface area (Å²) >= 11 is 0. The first kappa shape index (κ1) is 15.5. The van der Waals surface area contributed by atoms with Crippen LogP contribution < -0.4 is 5.32 Å². The lowest BCUT2D eigenvalue weighted by atomic mass is 10.1. The van der Waals surface area contributed by atoms with E-state index >= 15 is 0 Å². The summed E-state index contributed by atoms with van der Waals surface area (Å²) < 4.78 is 15.8. The van der Waals surface area contributed by atoms with Crippen LogP contribution in [0.1, 0.15) is 40.4 Å². The number of nitrogens with one attached hydrogen (secondary N) is 1. The molecule has 1 amide bonds. The molecule has 0 atom stereocenters. The van der Waals surface area contributed by atoms with E-state index < -0.39 is 11.9 Å². The Labute approximate surface area is 122 Å². The van der Waals surface area contributed by atoms with Gasteiger partial charge in [-0.1, -0.05) is 0 Å². The van der Waals surface area contributed by atoms with Crippen LogP contribution in [0.25, 0.3) is 0 Å². The SMILES string of the molecule is O=C(O)c1ccc(C(=O)NCCCOC2CCOCC2)o1. The van der Waals surface area contributed by atoms with Crippen LogP contribution in [0.5, 0.6) is 0 Å². The van der Waals surface area contributed by atoms with Crippen molar-refractivity contribution in [1.82, 2.24) is 5.32 Å². The maximum atomic E-state index is 11.7. The smallest absolute Gasteiger partial charge is 0.371 e. The second-order valence-electron chi connectivity index (χ2n) is 4.76. The van der Waals surface area contributed by atoms with Crippen LogP contribution in [-0.2, 0) is 9.47 Å². The topological polar surface area (TPSA) is 98.0 Å². The lowest BCUT2D eigenvalue weighted by molar-refractivity contribution is -0.0321. The van der Waals surface area contributed by atoms with Gasteiger partial charge in [-0.2, -0.15) is 0 Å². The summed E-state index contributed by atoms with van der Waals surface area (Å²) in [5, 5.41) is 11.4. The number of carbonyl (C=O) groups is 2. The highest BCUT2D eigenvalue weighted by Gasteiger charge is 2.15. The first-order valence-corrected chi connectivity index (χ1v) is 6.97. The molecular formula is C14H19NO6. The summed E-state index contributed by atoms with van der Waals surface area (Å²) in [6.45, 7) is 2.51.